The minimum atomic E-state index is 0.0371. The lowest BCUT2D eigenvalue weighted by Crippen LogP contribution is -2.28. The molecule has 0 saturated carbocycles. The van der Waals surface area contributed by atoms with Gasteiger partial charge in [-0.25, -0.2) is 4.98 Å². The van der Waals surface area contributed by atoms with Gasteiger partial charge in [-0.05, 0) is 34.4 Å². The van der Waals surface area contributed by atoms with Crippen LogP contribution in [-0.2, 0) is 24.2 Å². The van der Waals surface area contributed by atoms with E-state index in [4.69, 9.17) is 0 Å². The first kappa shape index (κ1) is 15.5. The highest BCUT2D eigenvalue weighted by molar-refractivity contribution is 7.07. The predicted molar refractivity (Wildman–Crippen MR) is 92.5 cm³/mol. The summed E-state index contributed by atoms with van der Waals surface area (Å²) in [4.78, 5) is 16.3. The smallest absolute Gasteiger partial charge is 0.226 e. The lowest BCUT2D eigenvalue weighted by Gasteiger charge is -2.09. The average molecular weight is 325 g/mol. The van der Waals surface area contributed by atoms with Crippen LogP contribution in [-0.4, -0.2) is 22.0 Å². The number of carbonyl (C=O) groups is 1. The molecule has 0 aliphatic carbocycles. The second-order valence-corrected chi connectivity index (χ2v) is 6.19. The molecule has 4 nitrogen and oxygen atoms in total. The Morgan fingerprint density at radius 2 is 2.04 bits per heavy atom. The fraction of sp³-hybridized carbons (Fsp3) is 0.222. The summed E-state index contributed by atoms with van der Waals surface area (Å²) >= 11 is 1.68. The Labute approximate surface area is 139 Å². The molecule has 1 amide bonds. The Bertz CT molecular complexity index is 735. The van der Waals surface area contributed by atoms with Crippen LogP contribution in [0.4, 0.5) is 0 Å². The summed E-state index contributed by atoms with van der Waals surface area (Å²) in [6.07, 6.45) is 4.78. The summed E-state index contributed by atoms with van der Waals surface area (Å²) in [7, 11) is 0. The van der Waals surface area contributed by atoms with Gasteiger partial charge in [0.15, 0.2) is 0 Å². The molecule has 0 spiro atoms. The fourth-order valence-corrected chi connectivity index (χ4v) is 3.13. The number of benzene rings is 1. The van der Waals surface area contributed by atoms with Crippen LogP contribution in [0.3, 0.4) is 0 Å². The molecule has 2 aromatic heterocycles. The fourth-order valence-electron chi connectivity index (χ4n) is 2.43. The van der Waals surface area contributed by atoms with Crippen molar-refractivity contribution < 1.29 is 4.79 Å². The van der Waals surface area contributed by atoms with Crippen LogP contribution in [0, 0.1) is 0 Å². The molecule has 3 rings (SSSR count). The number of nitrogens with one attached hydrogen (secondary N) is 1. The Hall–Kier alpha value is -2.40. The number of aromatic nitrogens is 2. The molecular weight excluding hydrogens is 306 g/mol. The Morgan fingerprint density at radius 3 is 2.83 bits per heavy atom. The number of thiophene rings is 1. The van der Waals surface area contributed by atoms with Crippen LogP contribution in [0.25, 0.3) is 0 Å². The molecule has 0 atom stereocenters. The van der Waals surface area contributed by atoms with Crippen LogP contribution in [0.5, 0.6) is 0 Å². The van der Waals surface area contributed by atoms with Gasteiger partial charge in [0.2, 0.25) is 5.91 Å². The Balaban J connectivity index is 1.51. The maximum absolute atomic E-state index is 12.1. The highest BCUT2D eigenvalue weighted by Gasteiger charge is 2.08. The molecule has 0 fully saturated rings. The number of rotatable bonds is 7. The Kier molecular flexibility index (Phi) is 5.21. The monoisotopic (exact) mass is 325 g/mol. The number of amides is 1. The van der Waals surface area contributed by atoms with Crippen LogP contribution in [0.1, 0.15) is 16.8 Å². The number of hydrogen-bond donors (Lipinski definition) is 1. The zero-order valence-corrected chi connectivity index (χ0v) is 13.6. The van der Waals surface area contributed by atoms with Crippen molar-refractivity contribution in [3.05, 3.63) is 76.5 Å². The summed E-state index contributed by atoms with van der Waals surface area (Å²) in [6, 6.07) is 12.3. The van der Waals surface area contributed by atoms with Crippen molar-refractivity contribution in [3.8, 4) is 0 Å². The van der Waals surface area contributed by atoms with Gasteiger partial charge >= 0.3 is 0 Å². The summed E-state index contributed by atoms with van der Waals surface area (Å²) < 4.78 is 2.02. The number of imidazole rings is 1. The van der Waals surface area contributed by atoms with Crippen molar-refractivity contribution in [3.63, 3.8) is 0 Å². The maximum atomic E-state index is 12.1. The molecule has 1 N–H and O–H groups in total. The van der Waals surface area contributed by atoms with Gasteiger partial charge in [-0.15, -0.1) is 0 Å². The van der Waals surface area contributed by atoms with E-state index in [1.165, 1.54) is 11.1 Å². The first-order chi connectivity index (χ1) is 11.3. The third-order valence-corrected chi connectivity index (χ3v) is 4.38. The second kappa shape index (κ2) is 7.74. The largest absolute Gasteiger partial charge is 0.355 e. The third kappa shape index (κ3) is 4.53. The summed E-state index contributed by atoms with van der Waals surface area (Å²) in [5.74, 6) is 0.0371. The SMILES string of the molecule is O=C(Cc1cncn1Cc1ccccc1)NCCc1ccsc1. The van der Waals surface area contributed by atoms with Crippen LogP contribution >= 0.6 is 11.3 Å². The van der Waals surface area contributed by atoms with Crippen molar-refractivity contribution in [2.45, 2.75) is 19.4 Å². The van der Waals surface area contributed by atoms with E-state index in [1.807, 2.05) is 22.8 Å². The maximum Gasteiger partial charge on any atom is 0.226 e. The minimum absolute atomic E-state index is 0.0371. The first-order valence-corrected chi connectivity index (χ1v) is 8.56. The molecule has 0 radical (unpaired) electrons. The molecule has 5 heteroatoms. The normalized spacial score (nSPS) is 10.6. The lowest BCUT2D eigenvalue weighted by molar-refractivity contribution is -0.120. The topological polar surface area (TPSA) is 46.9 Å². The molecule has 118 valence electrons. The van der Waals surface area contributed by atoms with E-state index in [9.17, 15) is 4.79 Å². The summed E-state index contributed by atoms with van der Waals surface area (Å²) in [5, 5.41) is 7.14. The van der Waals surface area contributed by atoms with Gasteiger partial charge in [0.1, 0.15) is 0 Å². The van der Waals surface area contributed by atoms with Crippen molar-refractivity contribution >= 4 is 17.2 Å². The van der Waals surface area contributed by atoms with E-state index in [-0.39, 0.29) is 5.91 Å². The molecule has 3 aromatic rings. The van der Waals surface area contributed by atoms with Gasteiger partial charge in [0, 0.05) is 25.0 Å². The van der Waals surface area contributed by atoms with Crippen molar-refractivity contribution in [1.82, 2.24) is 14.9 Å². The van der Waals surface area contributed by atoms with Crippen LogP contribution < -0.4 is 5.32 Å². The van der Waals surface area contributed by atoms with Crippen molar-refractivity contribution in [2.24, 2.45) is 0 Å². The summed E-state index contributed by atoms with van der Waals surface area (Å²) in [5.41, 5.74) is 3.40. The molecule has 0 unspecified atom stereocenters. The van der Waals surface area contributed by atoms with E-state index in [1.54, 1.807) is 23.9 Å². The average Bonchev–Trinajstić information content (AvgIpc) is 3.21. The lowest BCUT2D eigenvalue weighted by atomic mass is 10.2. The molecular formula is C18H19N3OS. The highest BCUT2D eigenvalue weighted by Crippen LogP contribution is 2.08. The quantitative estimate of drug-likeness (QED) is 0.726. The highest BCUT2D eigenvalue weighted by atomic mass is 32.1. The van der Waals surface area contributed by atoms with Gasteiger partial charge in [0.05, 0.1) is 12.7 Å². The zero-order chi connectivity index (χ0) is 15.9. The van der Waals surface area contributed by atoms with E-state index in [0.717, 1.165) is 18.7 Å². The van der Waals surface area contributed by atoms with Crippen LogP contribution in [0.2, 0.25) is 0 Å². The molecule has 1 aromatic carbocycles. The van der Waals surface area contributed by atoms with Gasteiger partial charge in [-0.3, -0.25) is 4.79 Å². The zero-order valence-electron chi connectivity index (χ0n) is 12.8. The molecule has 0 aliphatic heterocycles. The number of nitrogens with zero attached hydrogens (tertiary/aromatic N) is 2. The van der Waals surface area contributed by atoms with Crippen molar-refractivity contribution in [1.29, 1.82) is 0 Å². The van der Waals surface area contributed by atoms with Gasteiger partial charge < -0.3 is 9.88 Å². The molecule has 0 aliphatic rings. The van der Waals surface area contributed by atoms with Gasteiger partial charge in [-0.1, -0.05) is 30.3 Å². The van der Waals surface area contributed by atoms with Crippen LogP contribution in [0.15, 0.2) is 59.7 Å². The predicted octanol–water partition coefficient (Wildman–Crippen LogP) is 2.89. The van der Waals surface area contributed by atoms with E-state index in [0.29, 0.717) is 13.0 Å². The minimum Gasteiger partial charge on any atom is -0.355 e. The second-order valence-electron chi connectivity index (χ2n) is 5.41. The van der Waals surface area contributed by atoms with Crippen molar-refractivity contribution in [2.75, 3.05) is 6.54 Å². The number of hydrogen-bond acceptors (Lipinski definition) is 3. The van der Waals surface area contributed by atoms with E-state index in [2.05, 4.69) is 39.3 Å². The molecule has 0 bridgehead atoms. The standard InChI is InChI=1S/C18H19N3OS/c22-18(20-8-6-16-7-9-23-13-16)10-17-11-19-14-21(17)12-15-4-2-1-3-5-15/h1-5,7,9,11,13-14H,6,8,10,12H2,(H,20,22). The van der Waals surface area contributed by atoms with E-state index < -0.39 is 0 Å². The number of carbonyl (C=O) groups excluding carboxylic acids is 1. The third-order valence-electron chi connectivity index (χ3n) is 3.65. The molecule has 2 heterocycles. The van der Waals surface area contributed by atoms with Gasteiger partial charge in [0.25, 0.3) is 0 Å². The molecule has 23 heavy (non-hydrogen) atoms. The Morgan fingerprint density at radius 1 is 1.17 bits per heavy atom. The molecule has 0 saturated heterocycles. The van der Waals surface area contributed by atoms with E-state index >= 15 is 0 Å². The summed E-state index contributed by atoms with van der Waals surface area (Å²) in [6.45, 7) is 1.40. The van der Waals surface area contributed by atoms with Gasteiger partial charge in [-0.2, -0.15) is 11.3 Å². The first-order valence-electron chi connectivity index (χ1n) is 7.62.